The predicted molar refractivity (Wildman–Crippen MR) is 61.4 cm³/mol. The molecule has 0 radical (unpaired) electrons. The molecule has 0 amide bonds. The number of ether oxygens (including phenoxy) is 2. The molecule has 94 valence electrons. The van der Waals surface area contributed by atoms with E-state index < -0.39 is 11.8 Å². The van der Waals surface area contributed by atoms with Crippen molar-refractivity contribution in [1.82, 2.24) is 0 Å². The van der Waals surface area contributed by atoms with Crippen molar-refractivity contribution in [1.29, 1.82) is 0 Å². The second-order valence-corrected chi connectivity index (χ2v) is 4.18. The molecule has 0 aromatic rings. The topological polar surface area (TPSA) is 57.1 Å². The highest BCUT2D eigenvalue weighted by molar-refractivity contribution is 6.36. The molecular weight excluding hydrogens is 222 g/mol. The number of carbonyl (C=O) groups is 1. The van der Waals surface area contributed by atoms with Gasteiger partial charge >= 0.3 is 5.97 Å². The zero-order valence-electron chi connectivity index (χ0n) is 10.1. The molecule has 0 saturated carbocycles. The van der Waals surface area contributed by atoms with Gasteiger partial charge < -0.3 is 14.3 Å². The van der Waals surface area contributed by atoms with E-state index in [2.05, 4.69) is 11.2 Å². The Bertz CT molecular complexity index is 364. The van der Waals surface area contributed by atoms with Crippen molar-refractivity contribution in [3.05, 3.63) is 12.2 Å². The second-order valence-electron chi connectivity index (χ2n) is 4.18. The highest BCUT2D eigenvalue weighted by Crippen LogP contribution is 2.39. The van der Waals surface area contributed by atoms with E-state index in [4.69, 9.17) is 14.3 Å². The first-order chi connectivity index (χ1) is 8.22. The number of carbonyl (C=O) groups excluding carboxylic acids is 1. The van der Waals surface area contributed by atoms with Gasteiger partial charge in [-0.3, -0.25) is 0 Å². The van der Waals surface area contributed by atoms with Crippen molar-refractivity contribution in [2.24, 2.45) is 11.1 Å². The molecule has 2 rings (SSSR count). The van der Waals surface area contributed by atoms with Crippen LogP contribution < -0.4 is 0 Å². The Morgan fingerprint density at radius 1 is 1.65 bits per heavy atom. The van der Waals surface area contributed by atoms with Crippen LogP contribution >= 0.6 is 0 Å². The lowest BCUT2D eigenvalue weighted by atomic mass is 9.83. The fourth-order valence-electron chi connectivity index (χ4n) is 2.23. The van der Waals surface area contributed by atoms with Gasteiger partial charge in [0.1, 0.15) is 0 Å². The monoisotopic (exact) mass is 239 g/mol. The van der Waals surface area contributed by atoms with Crippen molar-refractivity contribution in [2.75, 3.05) is 13.7 Å². The summed E-state index contributed by atoms with van der Waals surface area (Å²) in [5, 5.41) is 3.86. The van der Waals surface area contributed by atoms with Crippen LogP contribution in [0.4, 0.5) is 0 Å². The number of allylic oxidation sites excluding steroid dienone is 1. The number of oxime groups is 1. The van der Waals surface area contributed by atoms with Crippen molar-refractivity contribution in [3.63, 3.8) is 0 Å². The SMILES string of the molecule is CCOC(=O)C1=NO[C@@]2(OC)CC=CC[C@H]2C1. The van der Waals surface area contributed by atoms with Crippen molar-refractivity contribution >= 4 is 11.7 Å². The summed E-state index contributed by atoms with van der Waals surface area (Å²) in [5.41, 5.74) is 0.347. The van der Waals surface area contributed by atoms with Gasteiger partial charge in [0.2, 0.25) is 5.79 Å². The third-order valence-electron chi connectivity index (χ3n) is 3.22. The number of esters is 1. The van der Waals surface area contributed by atoms with Gasteiger partial charge in [0.05, 0.1) is 6.61 Å². The number of rotatable bonds is 3. The summed E-state index contributed by atoms with van der Waals surface area (Å²) >= 11 is 0. The van der Waals surface area contributed by atoms with Gasteiger partial charge in [0, 0.05) is 25.9 Å². The maximum absolute atomic E-state index is 11.6. The van der Waals surface area contributed by atoms with Crippen LogP contribution in [0.1, 0.15) is 26.2 Å². The average Bonchev–Trinajstić information content (AvgIpc) is 2.38. The molecule has 0 aromatic heterocycles. The third-order valence-corrected chi connectivity index (χ3v) is 3.22. The molecule has 5 heteroatoms. The van der Waals surface area contributed by atoms with Gasteiger partial charge in [-0.25, -0.2) is 4.79 Å². The first kappa shape index (κ1) is 12.1. The zero-order valence-corrected chi connectivity index (χ0v) is 10.1. The van der Waals surface area contributed by atoms with Crippen LogP contribution in [-0.4, -0.2) is 31.2 Å². The minimum absolute atomic E-state index is 0.120. The molecule has 0 aromatic carbocycles. The smallest absolute Gasteiger partial charge is 0.356 e. The quantitative estimate of drug-likeness (QED) is 0.555. The van der Waals surface area contributed by atoms with Crippen molar-refractivity contribution in [2.45, 2.75) is 32.0 Å². The minimum Gasteiger partial charge on any atom is -0.461 e. The van der Waals surface area contributed by atoms with E-state index in [0.717, 1.165) is 6.42 Å². The Kier molecular flexibility index (Phi) is 3.47. The summed E-state index contributed by atoms with van der Waals surface area (Å²) in [4.78, 5) is 17.0. The molecule has 2 aliphatic rings. The fourth-order valence-corrected chi connectivity index (χ4v) is 2.23. The molecule has 5 nitrogen and oxygen atoms in total. The molecule has 1 aliphatic carbocycles. The van der Waals surface area contributed by atoms with E-state index in [1.54, 1.807) is 14.0 Å². The number of hydrogen-bond donors (Lipinski definition) is 0. The van der Waals surface area contributed by atoms with Crippen LogP contribution in [0.3, 0.4) is 0 Å². The van der Waals surface area contributed by atoms with Crippen LogP contribution in [-0.2, 0) is 19.1 Å². The zero-order chi connectivity index (χ0) is 12.3. The van der Waals surface area contributed by atoms with Gasteiger partial charge in [-0.1, -0.05) is 17.3 Å². The Balaban J connectivity index is 2.13. The van der Waals surface area contributed by atoms with Gasteiger partial charge in [0.15, 0.2) is 5.71 Å². The first-order valence-electron chi connectivity index (χ1n) is 5.84. The van der Waals surface area contributed by atoms with Crippen LogP contribution in [0, 0.1) is 5.92 Å². The molecule has 1 heterocycles. The largest absolute Gasteiger partial charge is 0.461 e. The van der Waals surface area contributed by atoms with E-state index in [9.17, 15) is 4.79 Å². The summed E-state index contributed by atoms with van der Waals surface area (Å²) < 4.78 is 10.4. The molecule has 2 atom stereocenters. The summed E-state index contributed by atoms with van der Waals surface area (Å²) in [5.74, 6) is -0.980. The highest BCUT2D eigenvalue weighted by atomic mass is 16.8. The Morgan fingerprint density at radius 2 is 2.47 bits per heavy atom. The third kappa shape index (κ3) is 2.20. The lowest BCUT2D eigenvalue weighted by Crippen LogP contribution is -2.47. The molecule has 0 spiro atoms. The van der Waals surface area contributed by atoms with Crippen molar-refractivity contribution < 1.29 is 19.1 Å². The van der Waals surface area contributed by atoms with E-state index in [0.29, 0.717) is 25.2 Å². The Morgan fingerprint density at radius 3 is 3.18 bits per heavy atom. The van der Waals surface area contributed by atoms with Crippen LogP contribution in [0.2, 0.25) is 0 Å². The molecule has 0 saturated heterocycles. The molecular formula is C12H17NO4. The fraction of sp³-hybridized carbons (Fsp3) is 0.667. The number of methoxy groups -OCH3 is 1. The van der Waals surface area contributed by atoms with Crippen molar-refractivity contribution in [3.8, 4) is 0 Å². The molecule has 0 bridgehead atoms. The standard InChI is InChI=1S/C12H17NO4/c1-3-16-11(14)10-8-9-6-4-5-7-12(9,15-2)17-13-10/h4-5,9H,3,6-8H2,1-2H3/t9-,12-/m0/s1. The molecule has 0 fully saturated rings. The maximum atomic E-state index is 11.6. The number of fused-ring (bicyclic) bond motifs is 1. The molecule has 0 N–H and O–H groups in total. The molecule has 1 aliphatic heterocycles. The average molecular weight is 239 g/mol. The van der Waals surface area contributed by atoms with Crippen LogP contribution in [0.25, 0.3) is 0 Å². The van der Waals surface area contributed by atoms with Gasteiger partial charge in [-0.15, -0.1) is 0 Å². The predicted octanol–water partition coefficient (Wildman–Crippen LogP) is 1.63. The minimum atomic E-state index is -0.704. The number of nitrogens with zero attached hydrogens (tertiary/aromatic N) is 1. The van der Waals surface area contributed by atoms with E-state index in [-0.39, 0.29) is 5.92 Å². The Hall–Kier alpha value is -1.36. The van der Waals surface area contributed by atoms with E-state index in [1.165, 1.54) is 0 Å². The summed E-state index contributed by atoms with van der Waals surface area (Å²) in [7, 11) is 1.61. The van der Waals surface area contributed by atoms with Gasteiger partial charge in [0.25, 0.3) is 0 Å². The Labute approximate surface area is 100 Å². The molecule has 17 heavy (non-hydrogen) atoms. The normalized spacial score (nSPS) is 31.2. The number of hydrogen-bond acceptors (Lipinski definition) is 5. The second kappa shape index (κ2) is 4.87. The maximum Gasteiger partial charge on any atom is 0.356 e. The lowest BCUT2D eigenvalue weighted by molar-refractivity contribution is -0.260. The van der Waals surface area contributed by atoms with Gasteiger partial charge in [-0.05, 0) is 13.3 Å². The van der Waals surface area contributed by atoms with E-state index in [1.807, 2.05) is 6.08 Å². The van der Waals surface area contributed by atoms with Crippen LogP contribution in [0.5, 0.6) is 0 Å². The van der Waals surface area contributed by atoms with Gasteiger partial charge in [-0.2, -0.15) is 0 Å². The first-order valence-corrected chi connectivity index (χ1v) is 5.84. The summed E-state index contributed by atoms with van der Waals surface area (Å²) in [6.45, 7) is 2.11. The molecule has 0 unspecified atom stereocenters. The summed E-state index contributed by atoms with van der Waals surface area (Å²) in [6.07, 6.45) is 6.13. The summed E-state index contributed by atoms with van der Waals surface area (Å²) in [6, 6.07) is 0. The lowest BCUT2D eigenvalue weighted by Gasteiger charge is -2.40. The van der Waals surface area contributed by atoms with E-state index >= 15 is 0 Å². The van der Waals surface area contributed by atoms with Crippen LogP contribution in [0.15, 0.2) is 17.3 Å². The highest BCUT2D eigenvalue weighted by Gasteiger charge is 2.46.